The van der Waals surface area contributed by atoms with Crippen molar-refractivity contribution in [2.24, 2.45) is 11.8 Å². The molecule has 0 fully saturated rings. The summed E-state index contributed by atoms with van der Waals surface area (Å²) in [7, 11) is 0. The van der Waals surface area contributed by atoms with Gasteiger partial charge in [0.25, 0.3) is 11.1 Å². The Labute approximate surface area is 200 Å². The molecule has 5 rings (SSSR count). The normalized spacial score (nSPS) is 16.1. The van der Waals surface area contributed by atoms with Crippen LogP contribution in [-0.2, 0) is 25.1 Å². The van der Waals surface area contributed by atoms with Gasteiger partial charge in [0.2, 0.25) is 0 Å². The molecule has 0 aliphatic heterocycles. The lowest BCUT2D eigenvalue weighted by molar-refractivity contribution is 0.474. The number of aryl methyl sites for hydroxylation is 2. The SMILES string of the molecule is Cc1ccc2nc(CSc3nc4sc5c(c4c(=O)n3CC(C)C)CCC(C)C5)cc(=O)n2c1. The highest BCUT2D eigenvalue weighted by Crippen LogP contribution is 2.36. The van der Waals surface area contributed by atoms with Gasteiger partial charge in [-0.1, -0.05) is 38.6 Å². The summed E-state index contributed by atoms with van der Waals surface area (Å²) in [6.07, 6.45) is 4.93. The number of rotatable bonds is 5. The van der Waals surface area contributed by atoms with E-state index < -0.39 is 0 Å². The molecule has 1 unspecified atom stereocenters. The van der Waals surface area contributed by atoms with Crippen LogP contribution in [0.1, 0.15) is 48.9 Å². The average molecular weight is 481 g/mol. The molecule has 1 atom stereocenters. The van der Waals surface area contributed by atoms with Crippen LogP contribution in [0.5, 0.6) is 0 Å². The minimum Gasteiger partial charge on any atom is -0.287 e. The standard InChI is InChI=1S/C25H28N4O2S2/c1-14(2)11-29-24(31)22-18-7-5-15(3)9-19(18)33-23(22)27-25(29)32-13-17-10-21(30)28-12-16(4)6-8-20(28)26-17/h6,8,10,12,14-15H,5,7,9,11,13H2,1-4H3. The molecule has 0 bridgehead atoms. The Morgan fingerprint density at radius 2 is 2.06 bits per heavy atom. The molecule has 0 spiro atoms. The molecule has 4 aromatic rings. The van der Waals surface area contributed by atoms with Gasteiger partial charge in [-0.2, -0.15) is 0 Å². The van der Waals surface area contributed by atoms with Crippen molar-refractivity contribution >= 4 is 39.0 Å². The molecule has 8 heteroatoms. The maximum Gasteiger partial charge on any atom is 0.263 e. The Bertz CT molecular complexity index is 1480. The number of hydrogen-bond donors (Lipinski definition) is 0. The zero-order valence-corrected chi connectivity index (χ0v) is 21.1. The van der Waals surface area contributed by atoms with Crippen molar-refractivity contribution in [2.75, 3.05) is 0 Å². The van der Waals surface area contributed by atoms with Gasteiger partial charge in [0.05, 0.1) is 11.1 Å². The Morgan fingerprint density at radius 3 is 2.85 bits per heavy atom. The van der Waals surface area contributed by atoms with Gasteiger partial charge in [0, 0.05) is 29.4 Å². The molecule has 0 saturated heterocycles. The lowest BCUT2D eigenvalue weighted by Gasteiger charge is -2.18. The average Bonchev–Trinajstić information content (AvgIpc) is 3.12. The third-order valence-electron chi connectivity index (χ3n) is 6.14. The third kappa shape index (κ3) is 4.26. The number of hydrogen-bond acceptors (Lipinski definition) is 6. The topological polar surface area (TPSA) is 69.3 Å². The van der Waals surface area contributed by atoms with Gasteiger partial charge in [0.1, 0.15) is 10.5 Å². The van der Waals surface area contributed by atoms with Crippen molar-refractivity contribution in [1.82, 2.24) is 18.9 Å². The zero-order valence-electron chi connectivity index (χ0n) is 19.4. The summed E-state index contributed by atoms with van der Waals surface area (Å²) in [6, 6.07) is 5.39. The van der Waals surface area contributed by atoms with E-state index in [4.69, 9.17) is 4.98 Å². The smallest absolute Gasteiger partial charge is 0.263 e. The molecule has 1 aliphatic carbocycles. The van der Waals surface area contributed by atoms with E-state index in [1.807, 2.05) is 23.6 Å². The van der Waals surface area contributed by atoms with Crippen LogP contribution in [0.15, 0.2) is 39.1 Å². The molecule has 0 saturated carbocycles. The molecule has 172 valence electrons. The maximum atomic E-state index is 13.6. The third-order valence-corrected chi connectivity index (χ3v) is 8.30. The number of thioether (sulfide) groups is 1. The van der Waals surface area contributed by atoms with Gasteiger partial charge in [0.15, 0.2) is 5.16 Å². The number of thiophene rings is 1. The van der Waals surface area contributed by atoms with E-state index in [2.05, 4.69) is 25.8 Å². The first-order chi connectivity index (χ1) is 15.8. The van der Waals surface area contributed by atoms with Gasteiger partial charge >= 0.3 is 0 Å². The molecule has 33 heavy (non-hydrogen) atoms. The Balaban J connectivity index is 1.54. The number of pyridine rings is 1. The van der Waals surface area contributed by atoms with Gasteiger partial charge in [-0.15, -0.1) is 11.3 Å². The van der Waals surface area contributed by atoms with E-state index in [1.54, 1.807) is 28.0 Å². The van der Waals surface area contributed by atoms with Crippen molar-refractivity contribution in [2.45, 2.75) is 64.4 Å². The van der Waals surface area contributed by atoms with Gasteiger partial charge in [-0.05, 0) is 55.2 Å². The van der Waals surface area contributed by atoms with Crippen LogP contribution in [-0.4, -0.2) is 18.9 Å². The summed E-state index contributed by atoms with van der Waals surface area (Å²) < 4.78 is 3.40. The molecule has 0 amide bonds. The fraction of sp³-hybridized carbons (Fsp3) is 0.440. The molecule has 6 nitrogen and oxygen atoms in total. The maximum absolute atomic E-state index is 13.6. The minimum absolute atomic E-state index is 0.0743. The Morgan fingerprint density at radius 1 is 1.24 bits per heavy atom. The Kier molecular flexibility index (Phi) is 5.91. The fourth-order valence-electron chi connectivity index (χ4n) is 4.51. The summed E-state index contributed by atoms with van der Waals surface area (Å²) in [5.74, 6) is 1.46. The highest BCUT2D eigenvalue weighted by molar-refractivity contribution is 7.98. The quantitative estimate of drug-likeness (QED) is 0.302. The van der Waals surface area contributed by atoms with Crippen molar-refractivity contribution in [1.29, 1.82) is 0 Å². The van der Waals surface area contributed by atoms with Crippen molar-refractivity contribution in [3.63, 3.8) is 0 Å². The second kappa shape index (κ2) is 8.72. The van der Waals surface area contributed by atoms with Gasteiger partial charge in [-0.25, -0.2) is 9.97 Å². The number of aromatic nitrogens is 4. The van der Waals surface area contributed by atoms with E-state index in [1.165, 1.54) is 22.2 Å². The lowest BCUT2D eigenvalue weighted by Crippen LogP contribution is -2.26. The van der Waals surface area contributed by atoms with Crippen molar-refractivity contribution in [3.8, 4) is 0 Å². The Hall–Kier alpha value is -2.45. The first kappa shape index (κ1) is 22.3. The number of fused-ring (bicyclic) bond motifs is 4. The predicted octanol–water partition coefficient (Wildman–Crippen LogP) is 4.85. The second-order valence-corrected chi connectivity index (χ2v) is 11.6. The molecule has 0 aromatic carbocycles. The zero-order chi connectivity index (χ0) is 23.3. The molecule has 0 radical (unpaired) electrons. The van der Waals surface area contributed by atoms with E-state index >= 15 is 0 Å². The number of nitrogens with zero attached hydrogens (tertiary/aromatic N) is 4. The van der Waals surface area contributed by atoms with Crippen molar-refractivity contribution in [3.05, 3.63) is 66.8 Å². The molecule has 1 aliphatic rings. The highest BCUT2D eigenvalue weighted by Gasteiger charge is 2.25. The summed E-state index contributed by atoms with van der Waals surface area (Å²) >= 11 is 3.17. The predicted molar refractivity (Wildman–Crippen MR) is 136 cm³/mol. The monoisotopic (exact) mass is 480 g/mol. The molecular weight excluding hydrogens is 452 g/mol. The second-order valence-electron chi connectivity index (χ2n) is 9.54. The van der Waals surface area contributed by atoms with Crippen LogP contribution in [0.25, 0.3) is 15.9 Å². The molecular formula is C25H28N4O2S2. The molecule has 4 heterocycles. The minimum atomic E-state index is -0.0951. The van der Waals surface area contributed by atoms with Crippen LogP contribution in [0.4, 0.5) is 0 Å². The summed E-state index contributed by atoms with van der Waals surface area (Å²) in [4.78, 5) is 38.0. The van der Waals surface area contributed by atoms with E-state index in [9.17, 15) is 9.59 Å². The summed E-state index contributed by atoms with van der Waals surface area (Å²) in [5, 5.41) is 1.53. The van der Waals surface area contributed by atoms with Crippen LogP contribution in [0.2, 0.25) is 0 Å². The van der Waals surface area contributed by atoms with E-state index in [0.717, 1.165) is 35.0 Å². The lowest BCUT2D eigenvalue weighted by atomic mass is 9.89. The first-order valence-electron chi connectivity index (χ1n) is 11.5. The van der Waals surface area contributed by atoms with Crippen molar-refractivity contribution < 1.29 is 0 Å². The fourth-order valence-corrected chi connectivity index (χ4v) is 6.84. The van der Waals surface area contributed by atoms with E-state index in [0.29, 0.717) is 40.6 Å². The van der Waals surface area contributed by atoms with E-state index in [-0.39, 0.29) is 11.1 Å². The van der Waals surface area contributed by atoms with Crippen LogP contribution < -0.4 is 11.1 Å². The van der Waals surface area contributed by atoms with Crippen LogP contribution in [0, 0.1) is 18.8 Å². The molecule has 0 N–H and O–H groups in total. The first-order valence-corrected chi connectivity index (χ1v) is 13.3. The summed E-state index contributed by atoms with van der Waals surface area (Å²) in [6.45, 7) is 9.08. The van der Waals surface area contributed by atoms with Gasteiger partial charge in [-0.3, -0.25) is 18.6 Å². The highest BCUT2D eigenvalue weighted by atomic mass is 32.2. The van der Waals surface area contributed by atoms with Crippen LogP contribution in [0.3, 0.4) is 0 Å². The van der Waals surface area contributed by atoms with Gasteiger partial charge < -0.3 is 0 Å². The van der Waals surface area contributed by atoms with Crippen LogP contribution >= 0.6 is 23.1 Å². The largest absolute Gasteiger partial charge is 0.287 e. The summed E-state index contributed by atoms with van der Waals surface area (Å²) in [5.41, 5.74) is 3.54. The molecule has 4 aromatic heterocycles.